The smallest absolute Gasteiger partial charge is 0.242 e. The van der Waals surface area contributed by atoms with Crippen molar-refractivity contribution < 1.29 is 4.79 Å². The monoisotopic (exact) mass is 358 g/mol. The molecule has 2 aromatic carbocycles. The van der Waals surface area contributed by atoms with E-state index in [1.165, 1.54) is 0 Å². The summed E-state index contributed by atoms with van der Waals surface area (Å²) < 4.78 is 1.70. The summed E-state index contributed by atoms with van der Waals surface area (Å²) in [5, 5.41) is 11.7. The van der Waals surface area contributed by atoms with Gasteiger partial charge in [-0.15, -0.1) is 5.10 Å². The van der Waals surface area contributed by atoms with Crippen molar-refractivity contribution in [2.45, 2.75) is 19.4 Å². The summed E-state index contributed by atoms with van der Waals surface area (Å²) in [7, 11) is 0. The van der Waals surface area contributed by atoms with Crippen molar-refractivity contribution in [2.24, 2.45) is 0 Å². The average Bonchev–Trinajstić information content (AvgIpc) is 3.29. The molecular weight excluding hydrogens is 340 g/mol. The van der Waals surface area contributed by atoms with Gasteiger partial charge >= 0.3 is 0 Å². The van der Waals surface area contributed by atoms with Gasteiger partial charge in [-0.2, -0.15) is 4.52 Å². The quantitative estimate of drug-likeness (QED) is 0.588. The molecule has 1 unspecified atom stereocenters. The second-order valence-corrected chi connectivity index (χ2v) is 6.71. The highest BCUT2D eigenvalue weighted by atomic mass is 16.2. The molecule has 1 aliphatic heterocycles. The van der Waals surface area contributed by atoms with E-state index in [1.807, 2.05) is 55.5 Å². The highest BCUT2D eigenvalue weighted by Crippen LogP contribution is 2.26. The summed E-state index contributed by atoms with van der Waals surface area (Å²) in [6.07, 6.45) is 0.716. The molecule has 3 heterocycles. The van der Waals surface area contributed by atoms with Crippen molar-refractivity contribution in [2.75, 3.05) is 11.9 Å². The lowest BCUT2D eigenvalue weighted by Gasteiger charge is -2.12. The van der Waals surface area contributed by atoms with Crippen LogP contribution in [0.5, 0.6) is 0 Å². The molecule has 1 aliphatic rings. The topological polar surface area (TPSA) is 84.2 Å². The van der Waals surface area contributed by atoms with E-state index in [1.54, 1.807) is 4.52 Å². The van der Waals surface area contributed by atoms with Crippen LogP contribution in [0.25, 0.3) is 27.9 Å². The Labute approximate surface area is 155 Å². The fraction of sp³-hybridized carbons (Fsp3) is 0.200. The Morgan fingerprint density at radius 3 is 2.74 bits per heavy atom. The Hall–Kier alpha value is -3.48. The minimum absolute atomic E-state index is 0.0163. The predicted octanol–water partition coefficient (Wildman–Crippen LogP) is 2.55. The van der Waals surface area contributed by atoms with Gasteiger partial charge in [0.15, 0.2) is 11.5 Å². The van der Waals surface area contributed by atoms with Crippen LogP contribution < -0.4 is 10.6 Å². The molecule has 0 radical (unpaired) electrons. The van der Waals surface area contributed by atoms with Gasteiger partial charge in [0, 0.05) is 17.5 Å². The van der Waals surface area contributed by atoms with Crippen molar-refractivity contribution >= 4 is 28.4 Å². The number of hydrogen-bond donors (Lipinski definition) is 2. The summed E-state index contributed by atoms with van der Waals surface area (Å²) in [6, 6.07) is 15.5. The van der Waals surface area contributed by atoms with Crippen LogP contribution >= 0.6 is 0 Å². The van der Waals surface area contributed by atoms with Crippen molar-refractivity contribution in [3.05, 3.63) is 54.1 Å². The van der Waals surface area contributed by atoms with Crippen molar-refractivity contribution in [3.63, 3.8) is 0 Å². The number of nitrogens with zero attached hydrogens (tertiary/aromatic N) is 4. The highest BCUT2D eigenvalue weighted by Gasteiger charge is 2.26. The van der Waals surface area contributed by atoms with E-state index in [2.05, 4.69) is 10.6 Å². The molecule has 4 aromatic rings. The van der Waals surface area contributed by atoms with Crippen LogP contribution in [0.4, 0.5) is 5.95 Å². The SMILES string of the molecule is Cc1ccccc1-c1nc2c3ccccc3nc(NC3CCNC3=O)n2n1. The molecule has 27 heavy (non-hydrogen) atoms. The number of amides is 1. The fourth-order valence-electron chi connectivity index (χ4n) is 3.47. The number of aryl methyl sites for hydroxylation is 1. The van der Waals surface area contributed by atoms with Gasteiger partial charge in [0.2, 0.25) is 11.9 Å². The number of para-hydroxylation sites is 1. The lowest BCUT2D eigenvalue weighted by Crippen LogP contribution is -2.30. The number of rotatable bonds is 3. The van der Waals surface area contributed by atoms with E-state index in [4.69, 9.17) is 15.1 Å². The standard InChI is InChI=1S/C20H18N6O/c1-12-6-2-3-7-13(12)17-24-18-14-8-4-5-9-15(14)22-20(26(18)25-17)23-16-10-11-21-19(16)27/h2-9,16H,10-11H2,1H3,(H,21,27)(H,22,23). The Morgan fingerprint density at radius 2 is 1.93 bits per heavy atom. The average molecular weight is 358 g/mol. The first-order valence-corrected chi connectivity index (χ1v) is 8.96. The molecule has 1 amide bonds. The van der Waals surface area contributed by atoms with Gasteiger partial charge in [0.25, 0.3) is 0 Å². The van der Waals surface area contributed by atoms with Gasteiger partial charge in [-0.25, -0.2) is 9.97 Å². The molecule has 134 valence electrons. The first-order chi connectivity index (χ1) is 13.2. The summed E-state index contributed by atoms with van der Waals surface area (Å²) in [5.74, 6) is 1.15. The van der Waals surface area contributed by atoms with E-state index >= 15 is 0 Å². The van der Waals surface area contributed by atoms with Crippen LogP contribution in [0.1, 0.15) is 12.0 Å². The van der Waals surface area contributed by atoms with Crippen LogP contribution in [0.2, 0.25) is 0 Å². The summed E-state index contributed by atoms with van der Waals surface area (Å²) in [4.78, 5) is 21.5. The van der Waals surface area contributed by atoms with E-state index in [-0.39, 0.29) is 11.9 Å². The zero-order chi connectivity index (χ0) is 18.4. The van der Waals surface area contributed by atoms with Crippen molar-refractivity contribution in [3.8, 4) is 11.4 Å². The molecule has 0 bridgehead atoms. The van der Waals surface area contributed by atoms with Crippen LogP contribution in [0.15, 0.2) is 48.5 Å². The van der Waals surface area contributed by atoms with E-state index in [9.17, 15) is 4.79 Å². The number of nitrogens with one attached hydrogen (secondary N) is 2. The van der Waals surface area contributed by atoms with Crippen LogP contribution in [-0.2, 0) is 4.79 Å². The molecule has 0 spiro atoms. The third-order valence-electron chi connectivity index (χ3n) is 4.92. The lowest BCUT2D eigenvalue weighted by atomic mass is 10.1. The van der Waals surface area contributed by atoms with Gasteiger partial charge in [-0.3, -0.25) is 4.79 Å². The molecule has 2 N–H and O–H groups in total. The Bertz CT molecular complexity index is 1180. The Balaban J connectivity index is 1.73. The van der Waals surface area contributed by atoms with Gasteiger partial charge in [0.1, 0.15) is 6.04 Å². The van der Waals surface area contributed by atoms with Gasteiger partial charge in [0.05, 0.1) is 5.52 Å². The maximum atomic E-state index is 12.0. The number of anilines is 1. The molecule has 7 heteroatoms. The highest BCUT2D eigenvalue weighted by molar-refractivity contribution is 5.93. The maximum absolute atomic E-state index is 12.0. The normalized spacial score (nSPS) is 16.8. The predicted molar refractivity (Wildman–Crippen MR) is 103 cm³/mol. The third kappa shape index (κ3) is 2.59. The minimum atomic E-state index is -0.312. The zero-order valence-electron chi connectivity index (χ0n) is 14.8. The number of carbonyl (C=O) groups excluding carboxylic acids is 1. The molecule has 0 aliphatic carbocycles. The number of carbonyl (C=O) groups is 1. The van der Waals surface area contributed by atoms with Gasteiger partial charge in [-0.05, 0) is 31.0 Å². The molecule has 1 saturated heterocycles. The number of hydrogen-bond acceptors (Lipinski definition) is 5. The molecule has 1 fully saturated rings. The van der Waals surface area contributed by atoms with E-state index in [0.29, 0.717) is 24.7 Å². The second kappa shape index (κ2) is 6.05. The number of fused-ring (bicyclic) bond motifs is 3. The molecule has 5 rings (SSSR count). The van der Waals surface area contributed by atoms with Gasteiger partial charge in [-0.1, -0.05) is 36.4 Å². The van der Waals surface area contributed by atoms with Crippen molar-refractivity contribution in [1.29, 1.82) is 0 Å². The van der Waals surface area contributed by atoms with Gasteiger partial charge < -0.3 is 10.6 Å². The minimum Gasteiger partial charge on any atom is -0.354 e. The van der Waals surface area contributed by atoms with E-state index in [0.717, 1.165) is 27.7 Å². The van der Waals surface area contributed by atoms with Crippen LogP contribution in [0.3, 0.4) is 0 Å². The summed E-state index contributed by atoms with van der Waals surface area (Å²) in [5.41, 5.74) is 3.62. The summed E-state index contributed by atoms with van der Waals surface area (Å²) in [6.45, 7) is 2.71. The first-order valence-electron chi connectivity index (χ1n) is 8.96. The first kappa shape index (κ1) is 15.7. The maximum Gasteiger partial charge on any atom is 0.242 e. The molecule has 7 nitrogen and oxygen atoms in total. The van der Waals surface area contributed by atoms with E-state index < -0.39 is 0 Å². The molecule has 2 aromatic heterocycles. The lowest BCUT2D eigenvalue weighted by molar-refractivity contribution is -0.119. The second-order valence-electron chi connectivity index (χ2n) is 6.71. The molecular formula is C20H18N6O. The number of aromatic nitrogens is 4. The zero-order valence-corrected chi connectivity index (χ0v) is 14.8. The number of benzene rings is 2. The Kier molecular flexibility index (Phi) is 3.53. The fourth-order valence-corrected chi connectivity index (χ4v) is 3.47. The largest absolute Gasteiger partial charge is 0.354 e. The summed E-state index contributed by atoms with van der Waals surface area (Å²) >= 11 is 0. The van der Waals surface area contributed by atoms with Crippen LogP contribution in [-0.4, -0.2) is 38.1 Å². The Morgan fingerprint density at radius 1 is 1.11 bits per heavy atom. The molecule has 1 atom stereocenters. The molecule has 0 saturated carbocycles. The third-order valence-corrected chi connectivity index (χ3v) is 4.92. The van der Waals surface area contributed by atoms with Crippen molar-refractivity contribution in [1.82, 2.24) is 24.9 Å². The van der Waals surface area contributed by atoms with Crippen LogP contribution in [0, 0.1) is 6.92 Å².